The van der Waals surface area contributed by atoms with Crippen LogP contribution in [0.3, 0.4) is 0 Å². The highest BCUT2D eigenvalue weighted by atomic mass is 16.2. The van der Waals surface area contributed by atoms with E-state index >= 15 is 0 Å². The predicted molar refractivity (Wildman–Crippen MR) is 227 cm³/mol. The molecule has 1 saturated heterocycles. The molecule has 1 aliphatic rings. The van der Waals surface area contributed by atoms with E-state index in [0.29, 0.717) is 19.0 Å². The summed E-state index contributed by atoms with van der Waals surface area (Å²) in [5.41, 5.74) is 11.7. The molecule has 1 atom stereocenters. The van der Waals surface area contributed by atoms with Crippen LogP contribution in [0, 0.1) is 13.8 Å². The molecule has 52 heavy (non-hydrogen) atoms. The molecule has 8 heteroatoms. The first-order valence-corrected chi connectivity index (χ1v) is 20.4. The van der Waals surface area contributed by atoms with Crippen LogP contribution in [0.15, 0.2) is 42.5 Å². The number of likely N-dealkylation sites (N-methyl/N-ethyl adjacent to an activating group) is 1. The summed E-state index contributed by atoms with van der Waals surface area (Å²) in [5, 5.41) is 13.8. The maximum absolute atomic E-state index is 11.9. The summed E-state index contributed by atoms with van der Waals surface area (Å²) in [7, 11) is 1.00. The fourth-order valence-electron chi connectivity index (χ4n) is 6.08. The first kappa shape index (κ1) is 51.2. The molecule has 300 valence electrons. The van der Waals surface area contributed by atoms with Crippen LogP contribution in [0.2, 0.25) is 0 Å². The number of aryl methyl sites for hydroxylation is 3. The quantitative estimate of drug-likeness (QED) is 0.0895. The largest absolute Gasteiger partial charge is 0.400 e. The Morgan fingerprint density at radius 2 is 1.44 bits per heavy atom. The van der Waals surface area contributed by atoms with Gasteiger partial charge in [0.05, 0.1) is 6.54 Å². The molecule has 1 heterocycles. The number of piperazine rings is 1. The zero-order chi connectivity index (χ0) is 39.6. The zero-order valence-corrected chi connectivity index (χ0v) is 35.2. The van der Waals surface area contributed by atoms with E-state index in [0.717, 1.165) is 76.3 Å². The van der Waals surface area contributed by atoms with Gasteiger partial charge in [-0.25, -0.2) is 0 Å². The number of anilines is 2. The van der Waals surface area contributed by atoms with Crippen LogP contribution in [-0.4, -0.2) is 85.6 Å². The number of para-hydroxylation sites is 1. The van der Waals surface area contributed by atoms with Crippen molar-refractivity contribution in [2.45, 2.75) is 151 Å². The predicted octanol–water partition coefficient (Wildman–Crippen LogP) is 9.21. The third-order valence-corrected chi connectivity index (χ3v) is 9.09. The fraction of sp³-hybridized carbons (Fsp3) is 0.682. The molecule has 0 radical (unpaired) electrons. The number of aliphatic hydroxyl groups is 1. The van der Waals surface area contributed by atoms with Crippen molar-refractivity contribution in [2.75, 3.05) is 57.4 Å². The van der Waals surface area contributed by atoms with E-state index < -0.39 is 0 Å². The van der Waals surface area contributed by atoms with Gasteiger partial charge >= 0.3 is 0 Å². The van der Waals surface area contributed by atoms with Gasteiger partial charge in [0.25, 0.3) is 0 Å². The molecule has 3 rings (SSSR count). The average molecular weight is 728 g/mol. The van der Waals surface area contributed by atoms with Gasteiger partial charge in [-0.15, -0.1) is 0 Å². The van der Waals surface area contributed by atoms with Crippen LogP contribution >= 0.6 is 0 Å². The summed E-state index contributed by atoms with van der Waals surface area (Å²) < 4.78 is 0. The molecular formula is C44H81N5O3. The number of nitrogens with zero attached hydrogens (tertiary/aromatic N) is 2. The van der Waals surface area contributed by atoms with Crippen molar-refractivity contribution in [3.8, 4) is 0 Å². The molecule has 0 bridgehead atoms. The summed E-state index contributed by atoms with van der Waals surface area (Å²) >= 11 is 0. The summed E-state index contributed by atoms with van der Waals surface area (Å²) in [5.74, 6) is 0.254. The average Bonchev–Trinajstić information content (AvgIpc) is 3.16. The lowest BCUT2D eigenvalue weighted by atomic mass is 10.0. The van der Waals surface area contributed by atoms with Crippen molar-refractivity contribution in [3.05, 3.63) is 59.2 Å². The Hall–Kier alpha value is -2.94. The van der Waals surface area contributed by atoms with Gasteiger partial charge in [-0.2, -0.15) is 0 Å². The lowest BCUT2D eigenvalue weighted by Gasteiger charge is -2.39. The Bertz CT molecular complexity index is 1110. The van der Waals surface area contributed by atoms with Crippen LogP contribution < -0.4 is 16.4 Å². The van der Waals surface area contributed by atoms with Gasteiger partial charge in [-0.3, -0.25) is 9.69 Å². The number of benzene rings is 2. The van der Waals surface area contributed by atoms with Crippen LogP contribution in [0.25, 0.3) is 0 Å². The topological polar surface area (TPSA) is 111 Å². The second kappa shape index (κ2) is 35.1. The van der Waals surface area contributed by atoms with Gasteiger partial charge < -0.3 is 31.2 Å². The van der Waals surface area contributed by atoms with E-state index in [-0.39, 0.29) is 5.91 Å². The number of aliphatic hydroxyl groups excluding tert-OH is 1. The standard InChI is InChI=1S/C16H27N.C15H31N3O.C8H11N.C4H8O.CH4O/c1-4-7-12-15(10-5-2)17-16-13-9-8-11-14(16)6-3;1-4-7-14(8-5-2)17-9-11-18(12-10-17)15(19)13-16-6-3;1-6-3-4-8(9)7(2)5-6;1-2-3-4-5;1-2/h8-9,11,13,15,17H,4-7,10,12H2,1-3H3;14,16H,4-13H2,1-3H3;3-5H,9H2,1-2H3;4H,2-3H2,1H3;2H,1H3. The summed E-state index contributed by atoms with van der Waals surface area (Å²) in [6, 6.07) is 16.1. The highest BCUT2D eigenvalue weighted by molar-refractivity contribution is 5.78. The number of hydrogen-bond donors (Lipinski definition) is 4. The van der Waals surface area contributed by atoms with Crippen LogP contribution in [0.1, 0.15) is 136 Å². The first-order valence-electron chi connectivity index (χ1n) is 20.4. The maximum Gasteiger partial charge on any atom is 0.236 e. The molecule has 0 aliphatic carbocycles. The monoisotopic (exact) mass is 728 g/mol. The number of aldehydes is 1. The van der Waals surface area contributed by atoms with Crippen LogP contribution in [0.5, 0.6) is 0 Å². The van der Waals surface area contributed by atoms with E-state index in [4.69, 9.17) is 10.8 Å². The number of nitrogen functional groups attached to an aromatic ring is 1. The number of nitrogens with one attached hydrogen (secondary N) is 2. The summed E-state index contributed by atoms with van der Waals surface area (Å²) in [6.07, 6.45) is 15.3. The molecular weight excluding hydrogens is 647 g/mol. The van der Waals surface area contributed by atoms with Crippen LogP contribution in [0.4, 0.5) is 11.4 Å². The number of hydrogen-bond acceptors (Lipinski definition) is 7. The molecule has 1 unspecified atom stereocenters. The molecule has 0 aromatic heterocycles. The molecule has 0 spiro atoms. The molecule has 8 nitrogen and oxygen atoms in total. The number of carbonyl (C=O) groups excluding carboxylic acids is 2. The van der Waals surface area contributed by atoms with Gasteiger partial charge in [0.2, 0.25) is 5.91 Å². The van der Waals surface area contributed by atoms with Crippen molar-refractivity contribution in [1.29, 1.82) is 0 Å². The maximum atomic E-state index is 11.9. The zero-order valence-electron chi connectivity index (χ0n) is 35.2. The third kappa shape index (κ3) is 24.3. The Balaban J connectivity index is 0. The van der Waals surface area contributed by atoms with Gasteiger partial charge in [0.15, 0.2) is 0 Å². The fourth-order valence-corrected chi connectivity index (χ4v) is 6.08. The Labute approximate surface area is 320 Å². The second-order valence-electron chi connectivity index (χ2n) is 13.5. The Morgan fingerprint density at radius 3 is 1.90 bits per heavy atom. The van der Waals surface area contributed by atoms with E-state index in [1.807, 2.05) is 37.8 Å². The van der Waals surface area contributed by atoms with Crippen molar-refractivity contribution in [2.24, 2.45) is 0 Å². The van der Waals surface area contributed by atoms with E-state index in [1.165, 1.54) is 74.6 Å². The summed E-state index contributed by atoms with van der Waals surface area (Å²) in [4.78, 5) is 25.9. The minimum absolute atomic E-state index is 0.254. The van der Waals surface area contributed by atoms with Crippen molar-refractivity contribution >= 4 is 23.6 Å². The van der Waals surface area contributed by atoms with Crippen molar-refractivity contribution in [3.63, 3.8) is 0 Å². The van der Waals surface area contributed by atoms with E-state index in [1.54, 1.807) is 0 Å². The molecule has 2 aromatic rings. The number of carbonyl (C=O) groups is 2. The second-order valence-corrected chi connectivity index (χ2v) is 13.5. The summed E-state index contributed by atoms with van der Waals surface area (Å²) in [6.45, 7) is 24.6. The molecule has 0 saturated carbocycles. The molecule has 1 fully saturated rings. The van der Waals surface area contributed by atoms with Gasteiger partial charge in [-0.1, -0.05) is 116 Å². The van der Waals surface area contributed by atoms with E-state index in [9.17, 15) is 9.59 Å². The Morgan fingerprint density at radius 1 is 0.827 bits per heavy atom. The van der Waals surface area contributed by atoms with Gasteiger partial charge in [-0.05, 0) is 82.2 Å². The highest BCUT2D eigenvalue weighted by Crippen LogP contribution is 2.20. The van der Waals surface area contributed by atoms with Gasteiger partial charge in [0.1, 0.15) is 6.29 Å². The molecule has 1 amide bonds. The first-order chi connectivity index (χ1) is 25.1. The minimum Gasteiger partial charge on any atom is -0.400 e. The normalized spacial score (nSPS) is 12.8. The number of amides is 1. The SMILES string of the molecule is CCCC(CCC)N1CCN(C(=O)CNCC)CC1.CCCC=O.CCCCC(CCC)Nc1ccccc1CC.CO.Cc1ccc(N)c(C)c1. The highest BCUT2D eigenvalue weighted by Gasteiger charge is 2.24. The van der Waals surface area contributed by atoms with Gasteiger partial charge in [0, 0.05) is 63.2 Å². The molecule has 2 aromatic carbocycles. The van der Waals surface area contributed by atoms with Crippen molar-refractivity contribution < 1.29 is 14.7 Å². The molecule has 5 N–H and O–H groups in total. The minimum atomic E-state index is 0.254. The smallest absolute Gasteiger partial charge is 0.236 e. The number of unbranched alkanes of at least 4 members (excludes halogenated alkanes) is 2. The lowest BCUT2D eigenvalue weighted by Crippen LogP contribution is -2.53. The van der Waals surface area contributed by atoms with E-state index in [2.05, 4.69) is 87.4 Å². The van der Waals surface area contributed by atoms with Crippen LogP contribution in [-0.2, 0) is 16.0 Å². The number of rotatable bonds is 18. The molecule has 1 aliphatic heterocycles. The lowest BCUT2D eigenvalue weighted by molar-refractivity contribution is -0.132. The number of nitrogens with two attached hydrogens (primary N) is 1. The van der Waals surface area contributed by atoms with Crippen molar-refractivity contribution in [1.82, 2.24) is 15.1 Å². The third-order valence-electron chi connectivity index (χ3n) is 9.09. The Kier molecular flexibility index (Phi) is 34.5.